The van der Waals surface area contributed by atoms with E-state index in [1.807, 2.05) is 38.4 Å². The molecule has 4 N–H and O–H groups in total. The van der Waals surface area contributed by atoms with Crippen molar-refractivity contribution >= 4 is 29.3 Å². The lowest BCUT2D eigenvalue weighted by Crippen LogP contribution is -2.33. The Hall–Kier alpha value is -3.16. The first kappa shape index (κ1) is 21.1. The third-order valence-electron chi connectivity index (χ3n) is 3.84. The summed E-state index contributed by atoms with van der Waals surface area (Å²) in [5, 5.41) is 6.03. The van der Waals surface area contributed by atoms with Crippen molar-refractivity contribution in [1.82, 2.24) is 15.3 Å². The van der Waals surface area contributed by atoms with E-state index in [2.05, 4.69) is 41.4 Å². The molecule has 0 aliphatic carbocycles. The van der Waals surface area contributed by atoms with E-state index in [1.54, 1.807) is 4.90 Å². The number of nitrogens with two attached hydrogens (primary N) is 1. The van der Waals surface area contributed by atoms with Gasteiger partial charge < -0.3 is 21.3 Å². The minimum Gasteiger partial charge on any atom is -0.365 e. The molecule has 1 aromatic heterocycles. The summed E-state index contributed by atoms with van der Waals surface area (Å²) in [6, 6.07) is 7.37. The fraction of sp³-hybridized carbons (Fsp3) is 0.400. The Balaban J connectivity index is 2.09. The molecular weight excluding hydrogens is 356 g/mol. The van der Waals surface area contributed by atoms with Gasteiger partial charge in [0, 0.05) is 32.5 Å². The fourth-order valence-corrected chi connectivity index (χ4v) is 2.32. The molecule has 1 aromatic carbocycles. The van der Waals surface area contributed by atoms with Gasteiger partial charge in [0.25, 0.3) is 5.91 Å². The normalized spacial score (nSPS) is 11.0. The maximum atomic E-state index is 12.1. The van der Waals surface area contributed by atoms with Gasteiger partial charge >= 0.3 is 0 Å². The monoisotopic (exact) mass is 384 g/mol. The van der Waals surface area contributed by atoms with Crippen LogP contribution in [0.2, 0.25) is 0 Å². The van der Waals surface area contributed by atoms with Crippen molar-refractivity contribution in [2.75, 3.05) is 30.9 Å². The Kier molecular flexibility index (Phi) is 6.56. The van der Waals surface area contributed by atoms with Crippen LogP contribution in [-0.2, 0) is 11.2 Å². The summed E-state index contributed by atoms with van der Waals surface area (Å²) < 4.78 is 0. The van der Waals surface area contributed by atoms with Gasteiger partial charge in [0.2, 0.25) is 11.9 Å². The molecule has 8 heteroatoms. The van der Waals surface area contributed by atoms with E-state index >= 15 is 0 Å². The number of hydrogen-bond acceptors (Lipinski definition) is 6. The quantitative estimate of drug-likeness (QED) is 0.674. The molecule has 2 aromatic rings. The molecule has 2 rings (SSSR count). The molecule has 0 aliphatic heterocycles. The van der Waals surface area contributed by atoms with Gasteiger partial charge in [-0.05, 0) is 23.1 Å². The van der Waals surface area contributed by atoms with E-state index in [0.29, 0.717) is 24.7 Å². The summed E-state index contributed by atoms with van der Waals surface area (Å²) in [4.78, 5) is 33.9. The van der Waals surface area contributed by atoms with Crippen molar-refractivity contribution in [1.29, 1.82) is 0 Å². The van der Waals surface area contributed by atoms with E-state index in [4.69, 9.17) is 5.73 Å². The van der Waals surface area contributed by atoms with Crippen LogP contribution in [0.5, 0.6) is 0 Å². The predicted molar refractivity (Wildman–Crippen MR) is 111 cm³/mol. The summed E-state index contributed by atoms with van der Waals surface area (Å²) in [5.74, 6) is 0.166. The SMILES string of the molecule is CN(C)c1ncc(C(N)=O)c(Nc2ccc(CC(=O)NCC(C)(C)C)cc2)n1. The number of amides is 2. The zero-order valence-corrected chi connectivity index (χ0v) is 17.0. The second kappa shape index (κ2) is 8.69. The largest absolute Gasteiger partial charge is 0.365 e. The second-order valence-electron chi connectivity index (χ2n) is 8.03. The number of aromatic nitrogens is 2. The molecule has 0 aliphatic rings. The summed E-state index contributed by atoms with van der Waals surface area (Å²) >= 11 is 0. The van der Waals surface area contributed by atoms with Gasteiger partial charge in [-0.1, -0.05) is 32.9 Å². The van der Waals surface area contributed by atoms with Crippen LogP contribution in [0, 0.1) is 5.41 Å². The zero-order valence-electron chi connectivity index (χ0n) is 17.0. The highest BCUT2D eigenvalue weighted by atomic mass is 16.1. The summed E-state index contributed by atoms with van der Waals surface area (Å²) in [7, 11) is 3.62. The highest BCUT2D eigenvalue weighted by molar-refractivity contribution is 5.98. The van der Waals surface area contributed by atoms with Crippen LogP contribution < -0.4 is 21.3 Å². The molecule has 0 atom stereocenters. The lowest BCUT2D eigenvalue weighted by atomic mass is 9.97. The molecule has 0 radical (unpaired) electrons. The number of nitrogens with zero attached hydrogens (tertiary/aromatic N) is 3. The summed E-state index contributed by atoms with van der Waals surface area (Å²) in [5.41, 5.74) is 7.29. The van der Waals surface area contributed by atoms with Crippen LogP contribution >= 0.6 is 0 Å². The number of primary amides is 1. The molecule has 0 fully saturated rings. The molecule has 0 saturated carbocycles. The number of anilines is 3. The van der Waals surface area contributed by atoms with Gasteiger partial charge in [-0.15, -0.1) is 0 Å². The van der Waals surface area contributed by atoms with Crippen LogP contribution in [0.3, 0.4) is 0 Å². The van der Waals surface area contributed by atoms with Crippen LogP contribution in [0.1, 0.15) is 36.7 Å². The van der Waals surface area contributed by atoms with E-state index < -0.39 is 5.91 Å². The Morgan fingerprint density at radius 1 is 1.14 bits per heavy atom. The average molecular weight is 384 g/mol. The number of carbonyl (C=O) groups excluding carboxylic acids is 2. The Labute approximate surface area is 165 Å². The van der Waals surface area contributed by atoms with E-state index in [-0.39, 0.29) is 16.9 Å². The molecule has 0 bridgehead atoms. The molecule has 1 heterocycles. The van der Waals surface area contributed by atoms with Crippen LogP contribution in [-0.4, -0.2) is 42.4 Å². The highest BCUT2D eigenvalue weighted by Gasteiger charge is 2.14. The fourth-order valence-electron chi connectivity index (χ4n) is 2.32. The molecule has 0 unspecified atom stereocenters. The standard InChI is InChI=1S/C20H28N6O2/c1-20(2,3)12-23-16(27)10-13-6-8-14(9-7-13)24-18-15(17(21)28)11-22-19(25-18)26(4)5/h6-9,11H,10,12H2,1-5H3,(H2,21,28)(H,23,27)(H,22,24,25). The minimum absolute atomic E-state index is 0.0157. The number of hydrogen-bond donors (Lipinski definition) is 3. The van der Waals surface area contributed by atoms with Gasteiger partial charge in [0.05, 0.1) is 6.42 Å². The second-order valence-corrected chi connectivity index (χ2v) is 8.03. The summed E-state index contributed by atoms with van der Waals surface area (Å²) in [6.45, 7) is 6.85. The van der Waals surface area contributed by atoms with Gasteiger partial charge in [-0.2, -0.15) is 4.98 Å². The topological polar surface area (TPSA) is 113 Å². The van der Waals surface area contributed by atoms with E-state index in [1.165, 1.54) is 6.20 Å². The number of carbonyl (C=O) groups is 2. The maximum absolute atomic E-state index is 12.1. The lowest BCUT2D eigenvalue weighted by molar-refractivity contribution is -0.120. The third-order valence-corrected chi connectivity index (χ3v) is 3.84. The Bertz CT molecular complexity index is 841. The Morgan fingerprint density at radius 3 is 2.32 bits per heavy atom. The number of benzene rings is 1. The predicted octanol–water partition coefficient (Wildman–Crippen LogP) is 2.09. The smallest absolute Gasteiger partial charge is 0.254 e. The first-order chi connectivity index (χ1) is 13.0. The van der Waals surface area contributed by atoms with Gasteiger partial charge in [0.1, 0.15) is 11.4 Å². The van der Waals surface area contributed by atoms with Gasteiger partial charge in [-0.25, -0.2) is 4.98 Å². The van der Waals surface area contributed by atoms with Crippen molar-refractivity contribution in [3.8, 4) is 0 Å². The number of rotatable bonds is 7. The molecular formula is C20H28N6O2. The first-order valence-electron chi connectivity index (χ1n) is 9.02. The molecule has 0 spiro atoms. The number of nitrogens with one attached hydrogen (secondary N) is 2. The molecule has 0 saturated heterocycles. The van der Waals surface area contributed by atoms with Crippen molar-refractivity contribution in [3.63, 3.8) is 0 Å². The van der Waals surface area contributed by atoms with Crippen LogP contribution in [0.25, 0.3) is 0 Å². The van der Waals surface area contributed by atoms with Gasteiger partial charge in [-0.3, -0.25) is 9.59 Å². The van der Waals surface area contributed by atoms with E-state index in [0.717, 1.165) is 11.3 Å². The van der Waals surface area contributed by atoms with Crippen molar-refractivity contribution < 1.29 is 9.59 Å². The van der Waals surface area contributed by atoms with Crippen molar-refractivity contribution in [3.05, 3.63) is 41.6 Å². The molecule has 28 heavy (non-hydrogen) atoms. The molecule has 8 nitrogen and oxygen atoms in total. The minimum atomic E-state index is -0.611. The first-order valence-corrected chi connectivity index (χ1v) is 9.02. The summed E-state index contributed by atoms with van der Waals surface area (Å²) in [6.07, 6.45) is 1.71. The van der Waals surface area contributed by atoms with Crippen molar-refractivity contribution in [2.45, 2.75) is 27.2 Å². The maximum Gasteiger partial charge on any atom is 0.254 e. The lowest BCUT2D eigenvalue weighted by Gasteiger charge is -2.18. The Morgan fingerprint density at radius 2 is 1.79 bits per heavy atom. The molecule has 2 amide bonds. The average Bonchev–Trinajstić information content (AvgIpc) is 2.61. The van der Waals surface area contributed by atoms with Gasteiger partial charge in [0.15, 0.2) is 0 Å². The highest BCUT2D eigenvalue weighted by Crippen LogP contribution is 2.21. The molecule has 150 valence electrons. The van der Waals surface area contributed by atoms with Crippen molar-refractivity contribution in [2.24, 2.45) is 11.1 Å². The van der Waals surface area contributed by atoms with Crippen LogP contribution in [0.15, 0.2) is 30.5 Å². The van der Waals surface area contributed by atoms with Crippen LogP contribution in [0.4, 0.5) is 17.5 Å². The van der Waals surface area contributed by atoms with E-state index in [9.17, 15) is 9.59 Å². The third kappa shape index (κ3) is 6.22. The zero-order chi connectivity index (χ0) is 20.9.